The van der Waals surface area contributed by atoms with Gasteiger partial charge in [0.1, 0.15) is 17.5 Å². The quantitative estimate of drug-likeness (QED) is 0.490. The van der Waals surface area contributed by atoms with Gasteiger partial charge < -0.3 is 4.90 Å². The fourth-order valence-electron chi connectivity index (χ4n) is 3.13. The van der Waals surface area contributed by atoms with Gasteiger partial charge in [-0.1, -0.05) is 12.1 Å². The Kier molecular flexibility index (Phi) is 5.22. The summed E-state index contributed by atoms with van der Waals surface area (Å²) in [6.07, 6.45) is 4.87. The zero-order chi connectivity index (χ0) is 20.4. The lowest BCUT2D eigenvalue weighted by Gasteiger charge is -2.25. The first-order valence-electron chi connectivity index (χ1n) is 9.18. The Morgan fingerprint density at radius 3 is 2.72 bits per heavy atom. The van der Waals surface area contributed by atoms with Crippen LogP contribution in [0.3, 0.4) is 0 Å². The van der Waals surface area contributed by atoms with Crippen molar-refractivity contribution in [1.82, 2.24) is 29.2 Å². The monoisotopic (exact) mass is 408 g/mol. The van der Waals surface area contributed by atoms with Crippen LogP contribution >= 0.6 is 11.3 Å². The number of rotatable bonds is 6. The Bertz CT molecular complexity index is 1180. The van der Waals surface area contributed by atoms with Crippen LogP contribution in [0.5, 0.6) is 0 Å². The van der Waals surface area contributed by atoms with E-state index >= 15 is 0 Å². The second kappa shape index (κ2) is 7.96. The zero-order valence-corrected chi connectivity index (χ0v) is 16.9. The number of aryl methyl sites for hydroxylation is 1. The molecule has 0 aliphatic heterocycles. The number of hydrogen-bond acceptors (Lipinski definition) is 6. The van der Waals surface area contributed by atoms with Crippen molar-refractivity contribution in [3.05, 3.63) is 70.6 Å². The van der Waals surface area contributed by atoms with Crippen molar-refractivity contribution >= 4 is 27.5 Å². The highest BCUT2D eigenvalue weighted by Crippen LogP contribution is 2.21. The predicted molar refractivity (Wildman–Crippen MR) is 111 cm³/mol. The second-order valence-electron chi connectivity index (χ2n) is 6.74. The van der Waals surface area contributed by atoms with Crippen LogP contribution in [0.2, 0.25) is 0 Å². The molecule has 1 atom stereocenters. The SMILES string of the molecule is CC(c1ccc(-n2cncn2)cc1)N(C)C(=O)CCn1cnc2sccc2c1=O. The van der Waals surface area contributed by atoms with Crippen LogP contribution in [-0.2, 0) is 11.3 Å². The highest BCUT2D eigenvalue weighted by Gasteiger charge is 2.18. The second-order valence-corrected chi connectivity index (χ2v) is 7.64. The lowest BCUT2D eigenvalue weighted by atomic mass is 10.1. The lowest BCUT2D eigenvalue weighted by molar-refractivity contribution is -0.132. The molecule has 8 nitrogen and oxygen atoms in total. The van der Waals surface area contributed by atoms with Gasteiger partial charge in [0.15, 0.2) is 0 Å². The topological polar surface area (TPSA) is 85.9 Å². The maximum absolute atomic E-state index is 12.7. The highest BCUT2D eigenvalue weighted by molar-refractivity contribution is 7.16. The minimum absolute atomic E-state index is 0.0323. The van der Waals surface area contributed by atoms with Crippen LogP contribution in [0.25, 0.3) is 15.9 Å². The molecule has 1 aromatic carbocycles. The molecule has 1 amide bonds. The number of fused-ring (bicyclic) bond motifs is 1. The molecule has 3 aromatic heterocycles. The van der Waals surface area contributed by atoms with Crippen LogP contribution in [0, 0.1) is 0 Å². The normalized spacial score (nSPS) is 12.2. The summed E-state index contributed by atoms with van der Waals surface area (Å²) in [6.45, 7) is 2.28. The van der Waals surface area contributed by atoms with E-state index < -0.39 is 0 Å². The van der Waals surface area contributed by atoms with Gasteiger partial charge in [0, 0.05) is 20.0 Å². The molecule has 0 spiro atoms. The van der Waals surface area contributed by atoms with E-state index in [0.29, 0.717) is 11.9 Å². The first-order chi connectivity index (χ1) is 14.0. The first-order valence-corrected chi connectivity index (χ1v) is 10.1. The van der Waals surface area contributed by atoms with Gasteiger partial charge in [-0.2, -0.15) is 5.10 Å². The van der Waals surface area contributed by atoms with E-state index in [1.807, 2.05) is 36.6 Å². The average Bonchev–Trinajstić information content (AvgIpc) is 3.44. The lowest BCUT2D eigenvalue weighted by Crippen LogP contribution is -2.31. The van der Waals surface area contributed by atoms with E-state index in [1.54, 1.807) is 29.0 Å². The van der Waals surface area contributed by atoms with Gasteiger partial charge in [0.2, 0.25) is 5.91 Å². The third-order valence-corrected chi connectivity index (χ3v) is 5.87. The highest BCUT2D eigenvalue weighted by atomic mass is 32.1. The van der Waals surface area contributed by atoms with E-state index in [-0.39, 0.29) is 23.9 Å². The minimum Gasteiger partial charge on any atom is -0.339 e. The Morgan fingerprint density at radius 1 is 1.21 bits per heavy atom. The smallest absolute Gasteiger partial charge is 0.262 e. The Balaban J connectivity index is 1.41. The molecule has 0 saturated carbocycles. The van der Waals surface area contributed by atoms with E-state index in [2.05, 4.69) is 15.1 Å². The van der Waals surface area contributed by atoms with Crippen LogP contribution < -0.4 is 5.56 Å². The van der Waals surface area contributed by atoms with E-state index in [0.717, 1.165) is 16.1 Å². The summed E-state index contributed by atoms with van der Waals surface area (Å²) in [6, 6.07) is 9.52. The summed E-state index contributed by atoms with van der Waals surface area (Å²) in [5, 5.41) is 6.55. The minimum atomic E-state index is -0.108. The molecule has 0 fully saturated rings. The van der Waals surface area contributed by atoms with Crippen LogP contribution in [0.1, 0.15) is 24.9 Å². The van der Waals surface area contributed by atoms with Crippen molar-refractivity contribution in [3.63, 3.8) is 0 Å². The van der Waals surface area contributed by atoms with Crippen molar-refractivity contribution < 1.29 is 4.79 Å². The third-order valence-electron chi connectivity index (χ3n) is 5.05. The van der Waals surface area contributed by atoms with Crippen LogP contribution in [-0.4, -0.2) is 42.2 Å². The molecule has 29 heavy (non-hydrogen) atoms. The van der Waals surface area contributed by atoms with Crippen LogP contribution in [0.15, 0.2) is 59.5 Å². The summed E-state index contributed by atoms with van der Waals surface area (Å²) < 4.78 is 3.18. The first kappa shape index (κ1) is 19.0. The maximum atomic E-state index is 12.7. The molecular weight excluding hydrogens is 388 g/mol. The fraction of sp³-hybridized carbons (Fsp3) is 0.250. The number of thiophene rings is 1. The number of hydrogen-bond donors (Lipinski definition) is 0. The summed E-state index contributed by atoms with van der Waals surface area (Å²) in [5.41, 5.74) is 1.81. The van der Waals surface area contributed by atoms with Crippen LogP contribution in [0.4, 0.5) is 0 Å². The summed E-state index contributed by atoms with van der Waals surface area (Å²) in [5.74, 6) is -0.0323. The van der Waals surface area contributed by atoms with Gasteiger partial charge in [0.25, 0.3) is 5.56 Å². The predicted octanol–water partition coefficient (Wildman–Crippen LogP) is 2.65. The molecule has 9 heteroatoms. The number of benzene rings is 1. The number of carbonyl (C=O) groups excluding carboxylic acids is 1. The molecule has 3 heterocycles. The Labute approximate surface area is 171 Å². The number of carbonyl (C=O) groups is 1. The molecule has 0 N–H and O–H groups in total. The Morgan fingerprint density at radius 2 is 2.00 bits per heavy atom. The third kappa shape index (κ3) is 3.81. The van der Waals surface area contributed by atoms with Gasteiger partial charge in [0.05, 0.1) is 23.4 Å². The van der Waals surface area contributed by atoms with Crippen molar-refractivity contribution in [3.8, 4) is 5.69 Å². The maximum Gasteiger partial charge on any atom is 0.262 e. The summed E-state index contributed by atoms with van der Waals surface area (Å²) >= 11 is 1.43. The zero-order valence-electron chi connectivity index (χ0n) is 16.1. The van der Waals surface area contributed by atoms with E-state index in [1.165, 1.54) is 28.6 Å². The molecule has 0 bridgehead atoms. The van der Waals surface area contributed by atoms with Gasteiger partial charge in [-0.25, -0.2) is 14.6 Å². The van der Waals surface area contributed by atoms with Gasteiger partial charge >= 0.3 is 0 Å². The Hall–Kier alpha value is -3.33. The summed E-state index contributed by atoms with van der Waals surface area (Å²) in [7, 11) is 1.78. The average molecular weight is 408 g/mol. The van der Waals surface area contributed by atoms with Gasteiger partial charge in [-0.3, -0.25) is 14.2 Å². The molecule has 0 radical (unpaired) electrons. The number of amides is 1. The molecule has 148 valence electrons. The molecular formula is C20H20N6O2S. The molecule has 4 rings (SSSR count). The molecule has 4 aromatic rings. The molecule has 0 saturated heterocycles. The largest absolute Gasteiger partial charge is 0.339 e. The van der Waals surface area contributed by atoms with Gasteiger partial charge in [-0.15, -0.1) is 11.3 Å². The molecule has 0 aliphatic rings. The molecule has 0 aliphatic carbocycles. The van der Waals surface area contributed by atoms with E-state index in [9.17, 15) is 9.59 Å². The van der Waals surface area contributed by atoms with Crippen molar-refractivity contribution in [1.29, 1.82) is 0 Å². The number of aromatic nitrogens is 5. The fourth-order valence-corrected chi connectivity index (χ4v) is 3.86. The standard InChI is InChI=1S/C20H20N6O2S/c1-14(15-3-5-16(6-4-15)26-12-21-11-23-26)24(2)18(27)7-9-25-13-22-19-17(20(25)28)8-10-29-19/h3-6,8,10-14H,7,9H2,1-2H3. The summed E-state index contributed by atoms with van der Waals surface area (Å²) in [4.78, 5) is 35.8. The number of nitrogens with zero attached hydrogens (tertiary/aromatic N) is 6. The van der Waals surface area contributed by atoms with Crippen molar-refractivity contribution in [2.45, 2.75) is 25.9 Å². The van der Waals surface area contributed by atoms with Gasteiger partial charge in [-0.05, 0) is 36.1 Å². The van der Waals surface area contributed by atoms with E-state index in [4.69, 9.17) is 0 Å². The van der Waals surface area contributed by atoms with Crippen molar-refractivity contribution in [2.75, 3.05) is 7.05 Å². The van der Waals surface area contributed by atoms with Crippen molar-refractivity contribution in [2.24, 2.45) is 0 Å². The molecule has 1 unspecified atom stereocenters.